The Kier molecular flexibility index (Phi) is 10.9. The summed E-state index contributed by atoms with van der Waals surface area (Å²) in [4.78, 5) is 44.2. The number of amides is 3. The van der Waals surface area contributed by atoms with E-state index in [0.29, 0.717) is 23.6 Å². The van der Waals surface area contributed by atoms with E-state index in [1.165, 1.54) is 11.3 Å². The van der Waals surface area contributed by atoms with Gasteiger partial charge in [0.2, 0.25) is 0 Å². The molecule has 0 spiro atoms. The lowest BCUT2D eigenvalue weighted by molar-refractivity contribution is -0.124. The van der Waals surface area contributed by atoms with Gasteiger partial charge >= 0.3 is 6.09 Å². The lowest BCUT2D eigenvalue weighted by atomic mass is 10.0. The van der Waals surface area contributed by atoms with Crippen molar-refractivity contribution in [3.05, 3.63) is 93.7 Å². The molecule has 1 atom stereocenters. The van der Waals surface area contributed by atoms with Crippen LogP contribution < -0.4 is 16.2 Å². The van der Waals surface area contributed by atoms with Gasteiger partial charge in [0.05, 0.1) is 15.5 Å². The van der Waals surface area contributed by atoms with Crippen LogP contribution in [0.3, 0.4) is 0 Å². The Morgan fingerprint density at radius 1 is 0.842 bits per heavy atom. The van der Waals surface area contributed by atoms with Gasteiger partial charge in [0, 0.05) is 0 Å². The molecule has 3 N–H and O–H groups in total. The predicted molar refractivity (Wildman–Crippen MR) is 146 cm³/mol. The van der Waals surface area contributed by atoms with E-state index < -0.39 is 23.9 Å². The molecule has 0 fully saturated rings. The third kappa shape index (κ3) is 9.36. The summed E-state index contributed by atoms with van der Waals surface area (Å²) >= 11 is 1.22. The number of nitrogens with one attached hydrogen (secondary N) is 3. The van der Waals surface area contributed by atoms with Crippen LogP contribution in [0, 0.1) is 5.92 Å². The number of ether oxygens (including phenoxy) is 1. The molecular formula is C28H32N4O5S. The van der Waals surface area contributed by atoms with Crippen LogP contribution in [0.1, 0.15) is 52.9 Å². The van der Waals surface area contributed by atoms with Crippen molar-refractivity contribution in [1.82, 2.24) is 16.2 Å². The SMILES string of the molecule is C/C(=N/OCc1ccccc1)c1ccc(C(=O)NNC(=O)[C@H](CC(C)C)NC(=O)OCc2ccccc2)s1. The van der Waals surface area contributed by atoms with Crippen molar-refractivity contribution in [1.29, 1.82) is 0 Å². The quantitative estimate of drug-likeness (QED) is 0.241. The van der Waals surface area contributed by atoms with Crippen LogP contribution in [0.5, 0.6) is 0 Å². The molecule has 0 aliphatic carbocycles. The predicted octanol–water partition coefficient (Wildman–Crippen LogP) is 4.79. The molecule has 1 heterocycles. The Bertz CT molecular complexity index is 1230. The first-order valence-corrected chi connectivity index (χ1v) is 13.0. The van der Waals surface area contributed by atoms with Gasteiger partial charge < -0.3 is 14.9 Å². The summed E-state index contributed by atoms with van der Waals surface area (Å²) in [6, 6.07) is 21.4. The van der Waals surface area contributed by atoms with Gasteiger partial charge in [0.25, 0.3) is 11.8 Å². The number of carbonyl (C=O) groups is 3. The fourth-order valence-electron chi connectivity index (χ4n) is 3.35. The van der Waals surface area contributed by atoms with E-state index in [9.17, 15) is 14.4 Å². The molecule has 200 valence electrons. The first kappa shape index (κ1) is 28.4. The molecule has 0 radical (unpaired) electrons. The van der Waals surface area contributed by atoms with Crippen molar-refractivity contribution in [2.24, 2.45) is 11.1 Å². The minimum absolute atomic E-state index is 0.0835. The molecule has 0 saturated carbocycles. The fourth-order valence-corrected chi connectivity index (χ4v) is 4.19. The van der Waals surface area contributed by atoms with Gasteiger partial charge in [-0.05, 0) is 42.5 Å². The van der Waals surface area contributed by atoms with E-state index in [4.69, 9.17) is 9.57 Å². The zero-order valence-electron chi connectivity index (χ0n) is 21.6. The standard InChI is InChI=1S/C28H32N4O5S/c1-19(2)16-23(29-28(35)36-17-21-10-6-4-7-11-21)26(33)30-31-27(34)25-15-14-24(38-25)20(3)32-37-18-22-12-8-5-9-13-22/h4-15,19,23H,16-18H2,1-3H3,(H,29,35)(H,30,33)(H,31,34)/b32-20-/t23-/m0/s1. The molecule has 0 aliphatic rings. The van der Waals surface area contributed by atoms with E-state index in [-0.39, 0.29) is 12.5 Å². The molecule has 1 aromatic heterocycles. The van der Waals surface area contributed by atoms with E-state index in [0.717, 1.165) is 16.0 Å². The summed E-state index contributed by atoms with van der Waals surface area (Å²) in [5.74, 6) is -0.919. The molecular weight excluding hydrogens is 504 g/mol. The second kappa shape index (κ2) is 14.5. The molecule has 0 bridgehead atoms. The maximum absolute atomic E-state index is 12.7. The molecule has 9 nitrogen and oxygen atoms in total. The van der Waals surface area contributed by atoms with Gasteiger partial charge in [-0.3, -0.25) is 20.4 Å². The number of alkyl carbamates (subject to hydrolysis) is 1. The van der Waals surface area contributed by atoms with Crippen molar-refractivity contribution < 1.29 is 24.0 Å². The third-order valence-corrected chi connectivity index (χ3v) is 6.48. The maximum atomic E-state index is 12.7. The summed E-state index contributed by atoms with van der Waals surface area (Å²) in [5, 5.41) is 6.70. The minimum Gasteiger partial charge on any atom is -0.445 e. The largest absolute Gasteiger partial charge is 0.445 e. The highest BCUT2D eigenvalue weighted by Gasteiger charge is 2.23. The van der Waals surface area contributed by atoms with Crippen molar-refractivity contribution in [2.75, 3.05) is 0 Å². The Morgan fingerprint density at radius 2 is 1.45 bits per heavy atom. The van der Waals surface area contributed by atoms with Crippen LogP contribution in [-0.2, 0) is 27.6 Å². The lowest BCUT2D eigenvalue weighted by Crippen LogP contribution is -2.52. The first-order valence-electron chi connectivity index (χ1n) is 12.2. The number of rotatable bonds is 11. The van der Waals surface area contributed by atoms with Crippen LogP contribution in [0.15, 0.2) is 78.0 Å². The maximum Gasteiger partial charge on any atom is 0.408 e. The van der Waals surface area contributed by atoms with Gasteiger partial charge in [0.15, 0.2) is 0 Å². The van der Waals surface area contributed by atoms with Crippen molar-refractivity contribution in [2.45, 2.75) is 46.4 Å². The van der Waals surface area contributed by atoms with Gasteiger partial charge in [0.1, 0.15) is 19.3 Å². The van der Waals surface area contributed by atoms with Crippen LogP contribution in [0.2, 0.25) is 0 Å². The average Bonchev–Trinajstić information content (AvgIpc) is 3.42. The molecule has 0 aliphatic heterocycles. The number of oxime groups is 1. The number of hydrogen-bond donors (Lipinski definition) is 3. The number of nitrogens with zero attached hydrogens (tertiary/aromatic N) is 1. The Morgan fingerprint density at radius 3 is 2.08 bits per heavy atom. The highest BCUT2D eigenvalue weighted by atomic mass is 32.1. The fraction of sp³-hybridized carbons (Fsp3) is 0.286. The van der Waals surface area contributed by atoms with Gasteiger partial charge in [-0.15, -0.1) is 11.3 Å². The first-order chi connectivity index (χ1) is 18.3. The van der Waals surface area contributed by atoms with Crippen LogP contribution in [0.25, 0.3) is 0 Å². The molecule has 38 heavy (non-hydrogen) atoms. The van der Waals surface area contributed by atoms with E-state index in [1.807, 2.05) is 74.5 Å². The normalized spacial score (nSPS) is 11.9. The molecule has 3 amide bonds. The lowest BCUT2D eigenvalue weighted by Gasteiger charge is -2.20. The molecule has 3 aromatic rings. The second-order valence-electron chi connectivity index (χ2n) is 8.93. The number of carbonyl (C=O) groups excluding carboxylic acids is 3. The summed E-state index contributed by atoms with van der Waals surface area (Å²) in [6.07, 6.45) is -0.350. The van der Waals surface area contributed by atoms with Gasteiger partial charge in [-0.25, -0.2) is 4.79 Å². The van der Waals surface area contributed by atoms with Gasteiger partial charge in [-0.2, -0.15) is 0 Å². The molecule has 2 aromatic carbocycles. The van der Waals surface area contributed by atoms with Crippen LogP contribution in [-0.4, -0.2) is 29.7 Å². The highest BCUT2D eigenvalue weighted by Crippen LogP contribution is 2.18. The van der Waals surface area contributed by atoms with E-state index >= 15 is 0 Å². The number of hydrazine groups is 1. The zero-order valence-corrected chi connectivity index (χ0v) is 22.4. The van der Waals surface area contributed by atoms with Crippen LogP contribution >= 0.6 is 11.3 Å². The third-order valence-electron chi connectivity index (χ3n) is 5.29. The smallest absolute Gasteiger partial charge is 0.408 e. The van der Waals surface area contributed by atoms with E-state index in [2.05, 4.69) is 21.3 Å². The minimum atomic E-state index is -0.881. The molecule has 3 rings (SSSR count). The van der Waals surface area contributed by atoms with Crippen molar-refractivity contribution >= 4 is 35.0 Å². The summed E-state index contributed by atoms with van der Waals surface area (Å²) in [5.41, 5.74) is 7.27. The summed E-state index contributed by atoms with van der Waals surface area (Å²) in [6.45, 7) is 6.07. The van der Waals surface area contributed by atoms with Crippen molar-refractivity contribution in [3.63, 3.8) is 0 Å². The summed E-state index contributed by atoms with van der Waals surface area (Å²) < 4.78 is 5.23. The second-order valence-corrected chi connectivity index (χ2v) is 10.0. The van der Waals surface area contributed by atoms with Crippen molar-refractivity contribution in [3.8, 4) is 0 Å². The van der Waals surface area contributed by atoms with Gasteiger partial charge in [-0.1, -0.05) is 79.7 Å². The molecule has 10 heteroatoms. The van der Waals surface area contributed by atoms with Crippen LogP contribution in [0.4, 0.5) is 4.79 Å². The number of hydrogen-bond acceptors (Lipinski definition) is 7. The Balaban J connectivity index is 1.49. The zero-order chi connectivity index (χ0) is 27.3. The molecule has 0 unspecified atom stereocenters. The summed E-state index contributed by atoms with van der Waals surface area (Å²) in [7, 11) is 0. The number of thiophene rings is 1. The van der Waals surface area contributed by atoms with E-state index in [1.54, 1.807) is 19.1 Å². The molecule has 0 saturated heterocycles. The average molecular weight is 537 g/mol. The topological polar surface area (TPSA) is 118 Å². The Labute approximate surface area is 226 Å². The number of benzene rings is 2. The Hall–Kier alpha value is -4.18. The highest BCUT2D eigenvalue weighted by molar-refractivity contribution is 7.16. The monoisotopic (exact) mass is 536 g/mol.